The highest BCUT2D eigenvalue weighted by molar-refractivity contribution is 6.34. The Kier molecular flexibility index (Phi) is 12.7. The molecular formula is C84H64N2O6. The molecule has 4 aliphatic rings. The SMILES string of the molecule is CCC(C)(C)c1ccc(C2(c3ccc(N4C(=O)c5ccc(Oc6ccc7cc(C8(c9ccc%10cc(Oc%11ccc%12c(c%11)C(=O)N(C(C)(C)CC)C%12=O)ccc%10c9)c9ccccc9-c9ccccc98)ccc7c6)cc5C4=O)cc3)c3ccccc3-c3ccccc32)cc1. The number of benzene rings is 12. The molecule has 2 aliphatic heterocycles. The first kappa shape index (κ1) is 56.3. The Balaban J connectivity index is 0.686. The highest BCUT2D eigenvalue weighted by Crippen LogP contribution is 2.58. The number of carbonyl (C=O) groups excluding carboxylic acids is 4. The summed E-state index contributed by atoms with van der Waals surface area (Å²) >= 11 is 0. The van der Waals surface area contributed by atoms with E-state index >= 15 is 0 Å². The van der Waals surface area contributed by atoms with Crippen molar-refractivity contribution in [1.82, 2.24) is 4.90 Å². The number of hydrogen-bond donors (Lipinski definition) is 0. The molecule has 2 heterocycles. The van der Waals surface area contributed by atoms with Crippen molar-refractivity contribution < 1.29 is 28.7 Å². The summed E-state index contributed by atoms with van der Waals surface area (Å²) in [4.78, 5) is 58.5. The topological polar surface area (TPSA) is 93.2 Å². The zero-order valence-electron chi connectivity index (χ0n) is 52.0. The molecule has 0 radical (unpaired) electrons. The van der Waals surface area contributed by atoms with E-state index in [1.807, 2.05) is 57.2 Å². The van der Waals surface area contributed by atoms with E-state index in [1.54, 1.807) is 36.4 Å². The van der Waals surface area contributed by atoms with E-state index in [2.05, 4.69) is 203 Å². The van der Waals surface area contributed by atoms with Gasteiger partial charge < -0.3 is 9.47 Å². The van der Waals surface area contributed by atoms with Gasteiger partial charge in [-0.3, -0.25) is 24.1 Å². The molecular weight excluding hydrogens is 1130 g/mol. The molecule has 0 unspecified atom stereocenters. The lowest BCUT2D eigenvalue weighted by molar-refractivity contribution is 0.0473. The van der Waals surface area contributed by atoms with Crippen molar-refractivity contribution >= 4 is 50.9 Å². The summed E-state index contributed by atoms with van der Waals surface area (Å²) in [6, 6.07) is 87.4. The first-order valence-corrected chi connectivity index (χ1v) is 31.7. The molecule has 0 bridgehead atoms. The van der Waals surface area contributed by atoms with Crippen molar-refractivity contribution in [3.05, 3.63) is 327 Å². The molecule has 0 aromatic heterocycles. The maximum Gasteiger partial charge on any atom is 0.266 e. The molecule has 92 heavy (non-hydrogen) atoms. The highest BCUT2D eigenvalue weighted by Gasteiger charge is 2.49. The minimum atomic E-state index is -0.687. The largest absolute Gasteiger partial charge is 0.457 e. The lowest BCUT2D eigenvalue weighted by Gasteiger charge is -2.35. The van der Waals surface area contributed by atoms with Crippen LogP contribution < -0.4 is 14.4 Å². The van der Waals surface area contributed by atoms with Crippen LogP contribution in [0.5, 0.6) is 23.0 Å². The second kappa shape index (κ2) is 20.8. The quantitative estimate of drug-likeness (QED) is 0.107. The van der Waals surface area contributed by atoms with Gasteiger partial charge in [0.2, 0.25) is 0 Å². The fraction of sp³-hybridized carbons (Fsp3) is 0.143. The Labute approximate surface area is 535 Å². The average Bonchev–Trinajstić information content (AvgIpc) is 1.52. The van der Waals surface area contributed by atoms with E-state index in [-0.39, 0.29) is 28.7 Å². The first-order valence-electron chi connectivity index (χ1n) is 31.7. The number of nitrogens with zero attached hydrogens (tertiary/aromatic N) is 2. The summed E-state index contributed by atoms with van der Waals surface area (Å²) in [6.07, 6.45) is 1.66. The van der Waals surface area contributed by atoms with Crippen LogP contribution in [0, 0.1) is 0 Å². The third-order valence-electron chi connectivity index (χ3n) is 20.6. The van der Waals surface area contributed by atoms with Crippen molar-refractivity contribution in [2.24, 2.45) is 0 Å². The van der Waals surface area contributed by atoms with Crippen molar-refractivity contribution in [1.29, 1.82) is 0 Å². The van der Waals surface area contributed by atoms with E-state index in [0.29, 0.717) is 51.8 Å². The van der Waals surface area contributed by atoms with Gasteiger partial charge in [0, 0.05) is 5.54 Å². The number of anilines is 1. The molecule has 0 saturated carbocycles. The van der Waals surface area contributed by atoms with E-state index in [0.717, 1.165) is 50.2 Å². The Hall–Kier alpha value is -11.0. The van der Waals surface area contributed by atoms with Crippen LogP contribution in [0.2, 0.25) is 0 Å². The summed E-state index contributed by atoms with van der Waals surface area (Å²) in [5.74, 6) is 0.761. The van der Waals surface area contributed by atoms with Gasteiger partial charge in [-0.25, -0.2) is 4.90 Å². The number of carbonyl (C=O) groups is 4. The number of amides is 4. The Morgan fingerprint density at radius 2 is 0.674 bits per heavy atom. The third-order valence-corrected chi connectivity index (χ3v) is 20.6. The van der Waals surface area contributed by atoms with Crippen molar-refractivity contribution in [3.63, 3.8) is 0 Å². The molecule has 446 valence electrons. The zero-order valence-corrected chi connectivity index (χ0v) is 52.0. The van der Waals surface area contributed by atoms with E-state index in [9.17, 15) is 19.2 Å². The predicted molar refractivity (Wildman–Crippen MR) is 365 cm³/mol. The number of ether oxygens (including phenoxy) is 2. The molecule has 4 amide bonds. The lowest BCUT2D eigenvalue weighted by Crippen LogP contribution is -2.47. The van der Waals surface area contributed by atoms with Gasteiger partial charge in [0.15, 0.2) is 0 Å². The first-order chi connectivity index (χ1) is 44.6. The van der Waals surface area contributed by atoms with Gasteiger partial charge in [-0.2, -0.15) is 0 Å². The fourth-order valence-electron chi connectivity index (χ4n) is 15.1. The Morgan fingerprint density at radius 1 is 0.326 bits per heavy atom. The number of imide groups is 2. The van der Waals surface area contributed by atoms with Crippen LogP contribution in [-0.4, -0.2) is 34.1 Å². The average molecular weight is 1200 g/mol. The van der Waals surface area contributed by atoms with Crippen LogP contribution in [0.15, 0.2) is 255 Å². The number of fused-ring (bicyclic) bond motifs is 10. The minimum Gasteiger partial charge on any atom is -0.457 e. The fourth-order valence-corrected chi connectivity index (χ4v) is 15.1. The van der Waals surface area contributed by atoms with Gasteiger partial charge in [-0.15, -0.1) is 0 Å². The van der Waals surface area contributed by atoms with Crippen LogP contribution in [-0.2, 0) is 16.2 Å². The van der Waals surface area contributed by atoms with E-state index in [4.69, 9.17) is 9.47 Å². The summed E-state index contributed by atoms with van der Waals surface area (Å²) < 4.78 is 13.0. The molecule has 12 aromatic carbocycles. The summed E-state index contributed by atoms with van der Waals surface area (Å²) in [5, 5.41) is 4.01. The molecule has 0 fully saturated rings. The predicted octanol–water partition coefficient (Wildman–Crippen LogP) is 19.6. The van der Waals surface area contributed by atoms with Crippen LogP contribution in [0.1, 0.15) is 146 Å². The molecule has 0 N–H and O–H groups in total. The van der Waals surface area contributed by atoms with Crippen LogP contribution in [0.4, 0.5) is 5.69 Å². The van der Waals surface area contributed by atoms with Gasteiger partial charge in [0.25, 0.3) is 23.6 Å². The summed E-state index contributed by atoms with van der Waals surface area (Å²) in [7, 11) is 0. The normalized spacial score (nSPS) is 14.9. The third kappa shape index (κ3) is 8.29. The molecule has 8 heteroatoms. The van der Waals surface area contributed by atoms with Gasteiger partial charge in [0.1, 0.15) is 23.0 Å². The number of rotatable bonds is 13. The molecule has 12 aromatic rings. The van der Waals surface area contributed by atoms with E-state index in [1.165, 1.54) is 59.9 Å². The van der Waals surface area contributed by atoms with Crippen LogP contribution in [0.25, 0.3) is 43.8 Å². The second-order valence-electron chi connectivity index (χ2n) is 26.2. The Morgan fingerprint density at radius 3 is 1.13 bits per heavy atom. The van der Waals surface area contributed by atoms with Gasteiger partial charge in [0.05, 0.1) is 38.8 Å². The minimum absolute atomic E-state index is 0.0261. The van der Waals surface area contributed by atoms with Gasteiger partial charge in [-0.05, 0) is 211 Å². The maximum atomic E-state index is 14.5. The second-order valence-corrected chi connectivity index (χ2v) is 26.2. The van der Waals surface area contributed by atoms with E-state index < -0.39 is 22.3 Å². The molecule has 8 nitrogen and oxygen atoms in total. The molecule has 2 aliphatic carbocycles. The monoisotopic (exact) mass is 1200 g/mol. The zero-order chi connectivity index (χ0) is 63.0. The van der Waals surface area contributed by atoms with Crippen molar-refractivity contribution in [3.8, 4) is 45.3 Å². The summed E-state index contributed by atoms with van der Waals surface area (Å²) in [5.41, 5.74) is 15.1. The maximum absolute atomic E-state index is 14.5. The number of hydrogen-bond acceptors (Lipinski definition) is 6. The standard InChI is InChI=1S/C84H64N2O6/c1-7-81(3,4)55-31-33-56(34-32-55)83(73-21-13-9-17-65(73)66-18-10-14-22-74(66)83)57-35-37-60(38-36-57)85-77(87)69-43-41-63(49-71(69)78(85)88)91-61-39-27-51-45-58(29-25-53(51)47-61)84(75-23-15-11-19-67(75)68-20-12-16-24-76(68)84)59-30-26-54-48-62(40-28-52(54)46-59)92-64-42-44-70-72(50-64)80(90)86(79(70)89)82(5,6)8-2/h9-50H,7-8H2,1-6H3. The van der Waals surface area contributed by atoms with Crippen LogP contribution in [0.3, 0.4) is 0 Å². The lowest BCUT2D eigenvalue weighted by atomic mass is 9.67. The van der Waals surface area contributed by atoms with Gasteiger partial charge in [-0.1, -0.05) is 198 Å². The molecule has 0 saturated heterocycles. The van der Waals surface area contributed by atoms with Gasteiger partial charge >= 0.3 is 0 Å². The van der Waals surface area contributed by atoms with Crippen molar-refractivity contribution in [2.75, 3.05) is 4.90 Å². The highest BCUT2D eigenvalue weighted by atomic mass is 16.5. The molecule has 16 rings (SSSR count). The molecule has 0 spiro atoms. The molecule has 0 atom stereocenters. The van der Waals surface area contributed by atoms with Crippen LogP contribution >= 0.6 is 0 Å². The summed E-state index contributed by atoms with van der Waals surface area (Å²) in [6.45, 7) is 12.6. The van der Waals surface area contributed by atoms with Crippen molar-refractivity contribution in [2.45, 2.75) is 76.2 Å². The Bertz CT molecular complexity index is 5040. The smallest absolute Gasteiger partial charge is 0.266 e.